The second-order valence-corrected chi connectivity index (χ2v) is 5.91. The van der Waals surface area contributed by atoms with Crippen molar-refractivity contribution in [2.75, 3.05) is 25.7 Å². The molecule has 0 amide bonds. The van der Waals surface area contributed by atoms with E-state index in [1.54, 1.807) is 11.6 Å². The predicted octanol–water partition coefficient (Wildman–Crippen LogP) is -0.394. The number of imidazole rings is 1. The standard InChI is InChI=1S/C8H13N5O3S2/c1-16-4-2-10-18(14,15)7-6(12-9)11-8-13(7)3-5-17-8/h3,5,10,12H,2,4,9H2,1H3. The van der Waals surface area contributed by atoms with Crippen molar-refractivity contribution in [3.63, 3.8) is 0 Å². The van der Waals surface area contributed by atoms with Gasteiger partial charge in [-0.05, 0) is 0 Å². The van der Waals surface area contributed by atoms with Gasteiger partial charge in [0, 0.05) is 25.2 Å². The highest BCUT2D eigenvalue weighted by atomic mass is 32.2. The summed E-state index contributed by atoms with van der Waals surface area (Å²) in [6.45, 7) is 0.469. The van der Waals surface area contributed by atoms with Crippen molar-refractivity contribution in [3.8, 4) is 0 Å². The average Bonchev–Trinajstić information content (AvgIpc) is 2.87. The van der Waals surface area contributed by atoms with E-state index in [0.29, 0.717) is 4.96 Å². The number of thiazole rings is 1. The topological polar surface area (TPSA) is 111 Å². The minimum atomic E-state index is -3.69. The normalized spacial score (nSPS) is 12.1. The highest BCUT2D eigenvalue weighted by Gasteiger charge is 2.25. The second kappa shape index (κ2) is 5.20. The number of sulfonamides is 1. The number of hydrazine groups is 1. The summed E-state index contributed by atoms with van der Waals surface area (Å²) >= 11 is 1.32. The Bertz CT molecular complexity index is 632. The van der Waals surface area contributed by atoms with Gasteiger partial charge in [-0.1, -0.05) is 0 Å². The molecule has 0 spiro atoms. The van der Waals surface area contributed by atoms with Crippen LogP contribution in [0.5, 0.6) is 0 Å². The Morgan fingerprint density at radius 2 is 2.39 bits per heavy atom. The van der Waals surface area contributed by atoms with Crippen molar-refractivity contribution in [1.29, 1.82) is 0 Å². The number of hydrogen-bond acceptors (Lipinski definition) is 7. The lowest BCUT2D eigenvalue weighted by molar-refractivity contribution is 0.204. The number of hydrogen-bond donors (Lipinski definition) is 3. The van der Waals surface area contributed by atoms with E-state index in [4.69, 9.17) is 10.6 Å². The summed E-state index contributed by atoms with van der Waals surface area (Å²) < 4.78 is 33.0. The molecule has 4 N–H and O–H groups in total. The Balaban J connectivity index is 2.41. The van der Waals surface area contributed by atoms with Crippen molar-refractivity contribution in [2.45, 2.75) is 5.03 Å². The molecule has 2 heterocycles. The largest absolute Gasteiger partial charge is 0.383 e. The molecule has 0 radical (unpaired) electrons. The first-order valence-corrected chi connectivity index (χ1v) is 7.37. The Labute approximate surface area is 108 Å². The predicted molar refractivity (Wildman–Crippen MR) is 67.9 cm³/mol. The lowest BCUT2D eigenvalue weighted by atomic mass is 10.7. The Morgan fingerprint density at radius 3 is 3.06 bits per heavy atom. The molecule has 0 saturated carbocycles. The minimum Gasteiger partial charge on any atom is -0.383 e. The summed E-state index contributed by atoms with van der Waals surface area (Å²) in [6.07, 6.45) is 1.62. The van der Waals surface area contributed by atoms with Crippen LogP contribution < -0.4 is 16.0 Å². The monoisotopic (exact) mass is 291 g/mol. The van der Waals surface area contributed by atoms with Crippen LogP contribution in [0.1, 0.15) is 0 Å². The van der Waals surface area contributed by atoms with Crippen molar-refractivity contribution in [2.24, 2.45) is 5.84 Å². The summed E-state index contributed by atoms with van der Waals surface area (Å²) in [5.41, 5.74) is 2.29. The summed E-state index contributed by atoms with van der Waals surface area (Å²) in [5.74, 6) is 5.40. The van der Waals surface area contributed by atoms with Crippen LogP contribution in [0.15, 0.2) is 16.6 Å². The molecule has 0 aliphatic heterocycles. The van der Waals surface area contributed by atoms with Gasteiger partial charge in [-0.25, -0.2) is 19.0 Å². The van der Waals surface area contributed by atoms with Gasteiger partial charge in [0.25, 0.3) is 10.0 Å². The van der Waals surface area contributed by atoms with Gasteiger partial charge in [0.15, 0.2) is 10.8 Å². The number of nitrogen functional groups attached to an aromatic ring is 1. The number of anilines is 1. The molecule has 2 rings (SSSR count). The van der Waals surface area contributed by atoms with Crippen molar-refractivity contribution >= 4 is 32.1 Å². The first kappa shape index (κ1) is 13.2. The van der Waals surface area contributed by atoms with Crippen LogP contribution in [0.4, 0.5) is 5.82 Å². The number of nitrogens with two attached hydrogens (primary N) is 1. The smallest absolute Gasteiger partial charge is 0.260 e. The fourth-order valence-electron chi connectivity index (χ4n) is 1.46. The molecule has 2 aromatic heterocycles. The van der Waals surface area contributed by atoms with Crippen LogP contribution >= 0.6 is 11.3 Å². The first-order valence-electron chi connectivity index (χ1n) is 5.01. The first-order chi connectivity index (χ1) is 8.60. The maximum absolute atomic E-state index is 12.1. The molecule has 100 valence electrons. The number of nitrogens with zero attached hydrogens (tertiary/aromatic N) is 2. The summed E-state index contributed by atoms with van der Waals surface area (Å²) in [5, 5.41) is 1.74. The van der Waals surface area contributed by atoms with Crippen LogP contribution in [-0.2, 0) is 14.8 Å². The third-order valence-corrected chi connectivity index (χ3v) is 4.45. The number of ether oxygens (including phenoxy) is 1. The fourth-order valence-corrected chi connectivity index (χ4v) is 3.49. The molecule has 0 saturated heterocycles. The van der Waals surface area contributed by atoms with Crippen molar-refractivity contribution < 1.29 is 13.2 Å². The molecule has 8 nitrogen and oxygen atoms in total. The lowest BCUT2D eigenvalue weighted by Gasteiger charge is -2.06. The maximum Gasteiger partial charge on any atom is 0.260 e. The van der Waals surface area contributed by atoms with E-state index < -0.39 is 10.0 Å². The Morgan fingerprint density at radius 1 is 1.61 bits per heavy atom. The molecule has 0 unspecified atom stereocenters. The van der Waals surface area contributed by atoms with Crippen LogP contribution in [0, 0.1) is 0 Å². The molecule has 0 aromatic carbocycles. The number of rotatable bonds is 6. The number of aromatic nitrogens is 2. The summed E-state index contributed by atoms with van der Waals surface area (Å²) in [6, 6.07) is 0. The quantitative estimate of drug-likeness (QED) is 0.379. The highest BCUT2D eigenvalue weighted by molar-refractivity contribution is 7.89. The van der Waals surface area contributed by atoms with E-state index in [1.807, 2.05) is 0 Å². The highest BCUT2D eigenvalue weighted by Crippen LogP contribution is 2.24. The summed E-state index contributed by atoms with van der Waals surface area (Å²) in [4.78, 5) is 4.63. The van der Waals surface area contributed by atoms with Crippen molar-refractivity contribution in [3.05, 3.63) is 11.6 Å². The van der Waals surface area contributed by atoms with E-state index in [2.05, 4.69) is 15.1 Å². The van der Waals surface area contributed by atoms with Gasteiger partial charge < -0.3 is 10.2 Å². The summed E-state index contributed by atoms with van der Waals surface area (Å²) in [7, 11) is -2.20. The molecule has 0 fully saturated rings. The van der Waals surface area contributed by atoms with Crippen LogP contribution in [0.3, 0.4) is 0 Å². The van der Waals surface area contributed by atoms with E-state index in [-0.39, 0.29) is 24.0 Å². The van der Waals surface area contributed by atoms with E-state index in [9.17, 15) is 8.42 Å². The Kier molecular flexibility index (Phi) is 3.82. The van der Waals surface area contributed by atoms with E-state index in [0.717, 1.165) is 0 Å². The minimum absolute atomic E-state index is 0.00245. The molecule has 0 aliphatic carbocycles. The molecule has 0 aliphatic rings. The van der Waals surface area contributed by atoms with Gasteiger partial charge in [-0.3, -0.25) is 4.40 Å². The molecule has 0 bridgehead atoms. The molecular weight excluding hydrogens is 278 g/mol. The fraction of sp³-hybridized carbons (Fsp3) is 0.375. The number of methoxy groups -OCH3 is 1. The van der Waals surface area contributed by atoms with Crippen LogP contribution in [0.2, 0.25) is 0 Å². The number of nitrogens with one attached hydrogen (secondary N) is 2. The molecule has 18 heavy (non-hydrogen) atoms. The Hall–Kier alpha value is -1.20. The second-order valence-electron chi connectivity index (χ2n) is 3.36. The zero-order valence-electron chi connectivity index (χ0n) is 9.58. The third kappa shape index (κ3) is 2.33. The molecule has 0 atom stereocenters. The maximum atomic E-state index is 12.1. The van der Waals surface area contributed by atoms with Crippen LogP contribution in [-0.4, -0.2) is 38.1 Å². The van der Waals surface area contributed by atoms with Gasteiger partial charge in [0.05, 0.1) is 6.61 Å². The van der Waals surface area contributed by atoms with Gasteiger partial charge >= 0.3 is 0 Å². The molecular formula is C8H13N5O3S2. The molecule has 10 heteroatoms. The molecule has 2 aromatic rings. The van der Waals surface area contributed by atoms with Gasteiger partial charge in [-0.15, -0.1) is 11.3 Å². The van der Waals surface area contributed by atoms with E-state index in [1.165, 1.54) is 22.8 Å². The zero-order chi connectivity index (χ0) is 13.2. The van der Waals surface area contributed by atoms with E-state index >= 15 is 0 Å². The van der Waals surface area contributed by atoms with Crippen LogP contribution in [0.25, 0.3) is 4.96 Å². The van der Waals surface area contributed by atoms with Gasteiger partial charge in [-0.2, -0.15) is 4.98 Å². The zero-order valence-corrected chi connectivity index (χ0v) is 11.2. The number of fused-ring (bicyclic) bond motifs is 1. The average molecular weight is 291 g/mol. The van der Waals surface area contributed by atoms with Crippen molar-refractivity contribution in [1.82, 2.24) is 14.1 Å². The lowest BCUT2D eigenvalue weighted by Crippen LogP contribution is -2.29. The third-order valence-electron chi connectivity index (χ3n) is 2.21. The van der Waals surface area contributed by atoms with Gasteiger partial charge in [0.2, 0.25) is 5.03 Å². The van der Waals surface area contributed by atoms with Gasteiger partial charge in [0.1, 0.15) is 0 Å². The SMILES string of the molecule is COCCNS(=O)(=O)c1c(NN)nc2sccn12.